The Kier molecular flexibility index (Phi) is 5.49. The number of ketones is 1. The first kappa shape index (κ1) is 22.4. The number of hydrogen-bond donors (Lipinski definition) is 1. The number of rotatable bonds is 7. The molecule has 2 aliphatic carbocycles. The lowest BCUT2D eigenvalue weighted by Crippen LogP contribution is -2.50. The predicted octanol–water partition coefficient (Wildman–Crippen LogP) is 6.33. The zero-order valence-electron chi connectivity index (χ0n) is 19.0. The van der Waals surface area contributed by atoms with Gasteiger partial charge in [0.1, 0.15) is 5.01 Å². The molecule has 2 aromatic heterocycles. The number of fused-ring (bicyclic) bond motifs is 1. The van der Waals surface area contributed by atoms with E-state index in [1.165, 1.54) is 0 Å². The zero-order chi connectivity index (χ0) is 24.2. The van der Waals surface area contributed by atoms with E-state index in [2.05, 4.69) is 34.3 Å². The quantitative estimate of drug-likeness (QED) is 0.297. The maximum absolute atomic E-state index is 13.4. The van der Waals surface area contributed by atoms with E-state index in [0.717, 1.165) is 52.7 Å². The van der Waals surface area contributed by atoms with Crippen molar-refractivity contribution in [3.8, 4) is 10.6 Å². The Morgan fingerprint density at radius 3 is 2.57 bits per heavy atom. The maximum atomic E-state index is 13.4. The van der Waals surface area contributed by atoms with Crippen LogP contribution in [0.4, 0.5) is 0 Å². The highest BCUT2D eigenvalue weighted by Crippen LogP contribution is 2.62. The first-order valence-corrected chi connectivity index (χ1v) is 13.1. The third-order valence-electron chi connectivity index (χ3n) is 7.64. The van der Waals surface area contributed by atoms with Crippen LogP contribution in [0.25, 0.3) is 21.5 Å². The van der Waals surface area contributed by atoms with Crippen molar-refractivity contribution < 1.29 is 14.7 Å². The molecule has 2 heterocycles. The van der Waals surface area contributed by atoms with Crippen molar-refractivity contribution in [2.45, 2.75) is 38.6 Å². The lowest BCUT2D eigenvalue weighted by atomic mass is 9.47. The molecule has 0 aliphatic heterocycles. The monoisotopic (exact) mass is 505 g/mol. The number of hydrogen-bond acceptors (Lipinski definition) is 5. The zero-order valence-corrected chi connectivity index (χ0v) is 20.6. The molecule has 178 valence electrons. The Morgan fingerprint density at radius 2 is 1.89 bits per heavy atom. The molecule has 0 atom stereocenters. The van der Waals surface area contributed by atoms with Crippen molar-refractivity contribution in [3.63, 3.8) is 0 Å². The number of carboxylic acids is 1. The number of Topliss-reactive ketones (excluding diaryl/α,β-unsaturated/α-hetero) is 1. The normalized spacial score (nSPS) is 23.2. The molecule has 2 aromatic carbocycles. The molecule has 1 N–H and O–H groups in total. The average molecular weight is 506 g/mol. The van der Waals surface area contributed by atoms with Crippen LogP contribution in [0.3, 0.4) is 0 Å². The molecule has 1 spiro atoms. The summed E-state index contributed by atoms with van der Waals surface area (Å²) in [6, 6.07) is 11.8. The molecule has 4 aromatic rings. The van der Waals surface area contributed by atoms with E-state index in [1.54, 1.807) is 29.8 Å². The molecule has 2 saturated carbocycles. The van der Waals surface area contributed by atoms with E-state index in [0.29, 0.717) is 29.5 Å². The number of carbonyl (C=O) groups is 2. The van der Waals surface area contributed by atoms with Crippen LogP contribution in [0.2, 0.25) is 5.02 Å². The van der Waals surface area contributed by atoms with Crippen molar-refractivity contribution in [3.05, 3.63) is 70.3 Å². The van der Waals surface area contributed by atoms with Gasteiger partial charge >= 0.3 is 5.97 Å². The fraction of sp³-hybridized carbons (Fsp3) is 0.333. The van der Waals surface area contributed by atoms with Gasteiger partial charge in [-0.3, -0.25) is 14.3 Å². The van der Waals surface area contributed by atoms with E-state index in [9.17, 15) is 9.59 Å². The molecule has 0 radical (unpaired) electrons. The molecular weight excluding hydrogens is 482 g/mol. The molecule has 6 rings (SSSR count). The van der Waals surface area contributed by atoms with E-state index in [-0.39, 0.29) is 17.1 Å². The highest BCUT2D eigenvalue weighted by molar-refractivity contribution is 7.13. The minimum absolute atomic E-state index is 0.0986. The van der Waals surface area contributed by atoms with E-state index in [1.807, 2.05) is 16.1 Å². The van der Waals surface area contributed by atoms with Gasteiger partial charge in [0, 0.05) is 34.5 Å². The Bertz CT molecular complexity index is 1410. The molecule has 0 bridgehead atoms. The standard InChI is InChI=1S/C27H24ClN3O3S/c28-22-6-5-20(23(32)9-17-10-27(11-17)12-19(13-27)26(33)34)24-21(22)14-30-31(24)15-16-1-3-18(4-2-16)25-29-7-8-35-25/h1-8,14,17,19H,9-13,15H2,(H,33,34). The SMILES string of the molecule is O=C(CC1CC2(C1)CC(C(=O)O)C2)c1ccc(Cl)c2cnn(Cc3ccc(-c4nccs4)cc3)c12. The van der Waals surface area contributed by atoms with Gasteiger partial charge in [-0.1, -0.05) is 35.9 Å². The average Bonchev–Trinajstić information content (AvgIpc) is 3.46. The van der Waals surface area contributed by atoms with E-state index >= 15 is 0 Å². The molecule has 8 heteroatoms. The number of benzene rings is 2. The van der Waals surface area contributed by atoms with Crippen LogP contribution in [0.5, 0.6) is 0 Å². The summed E-state index contributed by atoms with van der Waals surface area (Å²) in [6.45, 7) is 0.533. The highest BCUT2D eigenvalue weighted by Gasteiger charge is 2.54. The summed E-state index contributed by atoms with van der Waals surface area (Å²) < 4.78 is 1.86. The van der Waals surface area contributed by atoms with Gasteiger partial charge in [-0.05, 0) is 54.7 Å². The van der Waals surface area contributed by atoms with Gasteiger partial charge in [0.05, 0.1) is 29.2 Å². The summed E-state index contributed by atoms with van der Waals surface area (Å²) in [5, 5.41) is 18.0. The van der Waals surface area contributed by atoms with Crippen LogP contribution in [-0.4, -0.2) is 31.6 Å². The number of nitrogens with zero attached hydrogens (tertiary/aromatic N) is 3. The lowest BCUT2D eigenvalue weighted by Gasteiger charge is -2.56. The molecule has 0 saturated heterocycles. The molecule has 6 nitrogen and oxygen atoms in total. The minimum atomic E-state index is -0.690. The van der Waals surface area contributed by atoms with Gasteiger partial charge in [-0.2, -0.15) is 5.10 Å². The summed E-state index contributed by atoms with van der Waals surface area (Å²) in [6.07, 6.45) is 7.42. The van der Waals surface area contributed by atoms with Crippen molar-refractivity contribution >= 4 is 45.6 Å². The number of thiazole rings is 1. The van der Waals surface area contributed by atoms with Crippen LogP contribution in [-0.2, 0) is 11.3 Å². The Labute approximate surface area is 211 Å². The van der Waals surface area contributed by atoms with Crippen LogP contribution < -0.4 is 0 Å². The molecule has 2 aliphatic rings. The summed E-state index contributed by atoms with van der Waals surface area (Å²) in [5.41, 5.74) is 3.74. The van der Waals surface area contributed by atoms with Crippen molar-refractivity contribution in [1.82, 2.24) is 14.8 Å². The van der Waals surface area contributed by atoms with Crippen molar-refractivity contribution in [2.24, 2.45) is 17.3 Å². The number of carboxylic acid groups (broad SMARTS) is 1. The Hall–Kier alpha value is -3.03. The largest absolute Gasteiger partial charge is 0.481 e. The van der Waals surface area contributed by atoms with Gasteiger partial charge in [0.15, 0.2) is 5.78 Å². The van der Waals surface area contributed by atoms with Crippen LogP contribution in [0.1, 0.15) is 48.0 Å². The molecule has 35 heavy (non-hydrogen) atoms. The Balaban J connectivity index is 1.20. The summed E-state index contributed by atoms with van der Waals surface area (Å²) in [5.74, 6) is -0.475. The smallest absolute Gasteiger partial charge is 0.306 e. The van der Waals surface area contributed by atoms with Crippen molar-refractivity contribution in [1.29, 1.82) is 0 Å². The lowest BCUT2D eigenvalue weighted by molar-refractivity contribution is -0.157. The fourth-order valence-electron chi connectivity index (χ4n) is 5.98. The maximum Gasteiger partial charge on any atom is 0.306 e. The van der Waals surface area contributed by atoms with Gasteiger partial charge in [0.25, 0.3) is 0 Å². The van der Waals surface area contributed by atoms with Gasteiger partial charge in [-0.15, -0.1) is 11.3 Å². The molecular formula is C27H24ClN3O3S. The van der Waals surface area contributed by atoms with Crippen LogP contribution >= 0.6 is 22.9 Å². The minimum Gasteiger partial charge on any atom is -0.481 e. The Morgan fingerprint density at radius 1 is 1.11 bits per heavy atom. The number of carbonyl (C=O) groups excluding carboxylic acids is 1. The molecule has 2 fully saturated rings. The second-order valence-electron chi connectivity index (χ2n) is 10.0. The fourth-order valence-corrected chi connectivity index (χ4v) is 6.83. The number of aliphatic carboxylic acids is 1. The second kappa shape index (κ2) is 8.57. The second-order valence-corrected chi connectivity index (χ2v) is 11.3. The van der Waals surface area contributed by atoms with E-state index in [4.69, 9.17) is 16.7 Å². The first-order chi connectivity index (χ1) is 16.9. The third-order valence-corrected chi connectivity index (χ3v) is 8.79. The summed E-state index contributed by atoms with van der Waals surface area (Å²) in [4.78, 5) is 28.9. The summed E-state index contributed by atoms with van der Waals surface area (Å²) in [7, 11) is 0. The predicted molar refractivity (Wildman–Crippen MR) is 136 cm³/mol. The van der Waals surface area contributed by atoms with Gasteiger partial charge < -0.3 is 5.11 Å². The third kappa shape index (κ3) is 4.06. The number of halogens is 1. The highest BCUT2D eigenvalue weighted by atomic mass is 35.5. The molecule has 0 amide bonds. The van der Waals surface area contributed by atoms with Crippen molar-refractivity contribution in [2.75, 3.05) is 0 Å². The summed E-state index contributed by atoms with van der Waals surface area (Å²) >= 11 is 8.06. The van der Waals surface area contributed by atoms with Crippen LogP contribution in [0, 0.1) is 17.3 Å². The van der Waals surface area contributed by atoms with Gasteiger partial charge in [0.2, 0.25) is 0 Å². The topological polar surface area (TPSA) is 85.1 Å². The van der Waals surface area contributed by atoms with E-state index < -0.39 is 5.97 Å². The van der Waals surface area contributed by atoms with Crippen LogP contribution in [0.15, 0.2) is 54.2 Å². The number of aromatic nitrogens is 3. The molecule has 0 unspecified atom stereocenters. The first-order valence-electron chi connectivity index (χ1n) is 11.8. The van der Waals surface area contributed by atoms with Gasteiger partial charge in [-0.25, -0.2) is 4.98 Å².